The van der Waals surface area contributed by atoms with Crippen LogP contribution in [0, 0.1) is 5.82 Å². The number of piperidine rings is 1. The van der Waals surface area contributed by atoms with Crippen molar-refractivity contribution in [1.29, 1.82) is 0 Å². The average Bonchev–Trinajstić information content (AvgIpc) is 2.82. The molecule has 1 heterocycles. The lowest BCUT2D eigenvalue weighted by Crippen LogP contribution is -2.63. The van der Waals surface area contributed by atoms with Gasteiger partial charge in [-0.05, 0) is 68.4 Å². The maximum atomic E-state index is 13.2. The van der Waals surface area contributed by atoms with Gasteiger partial charge >= 0.3 is 0 Å². The van der Waals surface area contributed by atoms with Gasteiger partial charge in [0.1, 0.15) is 11.4 Å². The third-order valence-electron chi connectivity index (χ3n) is 5.33. The van der Waals surface area contributed by atoms with Crippen molar-refractivity contribution >= 4 is 52.7 Å². The van der Waals surface area contributed by atoms with Crippen LogP contribution in [0.15, 0.2) is 47.4 Å². The van der Waals surface area contributed by atoms with Crippen LogP contribution in [-0.4, -0.2) is 55.2 Å². The number of hydrogen-bond donors (Lipinski definition) is 4. The number of amides is 3. The van der Waals surface area contributed by atoms with Gasteiger partial charge < -0.3 is 21.3 Å². The molecule has 2 aromatic carbocycles. The predicted octanol–water partition coefficient (Wildman–Crippen LogP) is 3.01. The number of carbonyl (C=O) groups is 3. The molecular formula is C23H25Cl2FN4O3S. The van der Waals surface area contributed by atoms with Gasteiger partial charge in [0, 0.05) is 28.6 Å². The van der Waals surface area contributed by atoms with Crippen molar-refractivity contribution < 1.29 is 18.8 Å². The molecule has 1 fully saturated rings. The topological polar surface area (TPSA) is 99.3 Å². The molecule has 1 aliphatic heterocycles. The van der Waals surface area contributed by atoms with Crippen LogP contribution in [0.1, 0.15) is 23.2 Å². The average molecular weight is 527 g/mol. The third-order valence-corrected chi connectivity index (χ3v) is 7.08. The first-order valence-electron chi connectivity index (χ1n) is 10.7. The Labute approximate surface area is 211 Å². The Bertz CT molecular complexity index is 1030. The number of carbonyl (C=O) groups excluding carboxylic acids is 3. The zero-order chi connectivity index (χ0) is 24.6. The molecule has 4 N–H and O–H groups in total. The first kappa shape index (κ1) is 26.3. The minimum absolute atomic E-state index is 0.0327. The van der Waals surface area contributed by atoms with E-state index in [4.69, 9.17) is 23.2 Å². The van der Waals surface area contributed by atoms with Gasteiger partial charge in [-0.2, -0.15) is 0 Å². The van der Waals surface area contributed by atoms with E-state index in [9.17, 15) is 18.8 Å². The molecule has 0 unspecified atom stereocenters. The molecule has 3 amide bonds. The number of benzene rings is 2. The van der Waals surface area contributed by atoms with Crippen molar-refractivity contribution in [3.8, 4) is 0 Å². The molecule has 0 saturated carbocycles. The minimum atomic E-state index is -1.05. The lowest BCUT2D eigenvalue weighted by molar-refractivity contribution is -0.133. The van der Waals surface area contributed by atoms with E-state index >= 15 is 0 Å². The molecular weight excluding hydrogens is 502 g/mol. The highest BCUT2D eigenvalue weighted by atomic mass is 35.5. The van der Waals surface area contributed by atoms with E-state index in [0.29, 0.717) is 41.4 Å². The molecule has 0 bridgehead atoms. The molecule has 0 radical (unpaired) electrons. The number of thioether (sulfide) groups is 1. The highest BCUT2D eigenvalue weighted by molar-refractivity contribution is 8.00. The van der Waals surface area contributed by atoms with Crippen LogP contribution in [0.5, 0.6) is 0 Å². The van der Waals surface area contributed by atoms with Crippen molar-refractivity contribution in [1.82, 2.24) is 21.3 Å². The summed E-state index contributed by atoms with van der Waals surface area (Å²) in [4.78, 5) is 38.4. The maximum absolute atomic E-state index is 13.2. The standard InChI is InChI=1S/C23H25Cl2FN4O3S/c24-16-3-1-15(2-4-16)21(32)28-11-12-29-22(33)23(7-9-27-10-8-23)30-20(31)14-34-19-6-5-17(26)13-18(19)25/h1-6,13,27H,7-12,14H2,(H,28,32)(H,29,33)(H,30,31). The minimum Gasteiger partial charge on any atom is -0.352 e. The van der Waals surface area contributed by atoms with Crippen LogP contribution in [0.2, 0.25) is 10.0 Å². The van der Waals surface area contributed by atoms with E-state index in [-0.39, 0.29) is 41.6 Å². The van der Waals surface area contributed by atoms with Crippen LogP contribution < -0.4 is 21.3 Å². The second-order valence-corrected chi connectivity index (χ2v) is 9.62. The summed E-state index contributed by atoms with van der Waals surface area (Å²) in [7, 11) is 0. The predicted molar refractivity (Wildman–Crippen MR) is 132 cm³/mol. The summed E-state index contributed by atoms with van der Waals surface area (Å²) < 4.78 is 13.2. The summed E-state index contributed by atoms with van der Waals surface area (Å²) in [5, 5.41) is 12.4. The molecule has 1 aliphatic rings. The Morgan fingerprint density at radius 3 is 2.35 bits per heavy atom. The molecule has 11 heteroatoms. The second kappa shape index (κ2) is 12.4. The van der Waals surface area contributed by atoms with Crippen molar-refractivity contribution in [2.75, 3.05) is 31.9 Å². The Morgan fingerprint density at radius 2 is 1.68 bits per heavy atom. The third kappa shape index (κ3) is 7.33. The molecule has 0 spiro atoms. The largest absolute Gasteiger partial charge is 0.352 e. The Morgan fingerprint density at radius 1 is 1.00 bits per heavy atom. The Balaban J connectivity index is 1.50. The van der Waals surface area contributed by atoms with Gasteiger partial charge in [-0.1, -0.05) is 23.2 Å². The van der Waals surface area contributed by atoms with Crippen molar-refractivity contribution in [2.24, 2.45) is 0 Å². The number of hydrogen-bond acceptors (Lipinski definition) is 5. The van der Waals surface area contributed by atoms with Gasteiger partial charge in [-0.25, -0.2) is 4.39 Å². The fourth-order valence-electron chi connectivity index (χ4n) is 3.53. The Kier molecular flexibility index (Phi) is 9.58. The number of rotatable bonds is 9. The zero-order valence-electron chi connectivity index (χ0n) is 18.3. The van der Waals surface area contributed by atoms with Crippen LogP contribution in [0.4, 0.5) is 4.39 Å². The molecule has 0 atom stereocenters. The van der Waals surface area contributed by atoms with E-state index in [0.717, 1.165) is 0 Å². The van der Waals surface area contributed by atoms with Gasteiger partial charge in [-0.15, -0.1) is 11.8 Å². The summed E-state index contributed by atoms with van der Waals surface area (Å²) in [5.41, 5.74) is -0.577. The quantitative estimate of drug-likeness (QED) is 0.297. The monoisotopic (exact) mass is 526 g/mol. The lowest BCUT2D eigenvalue weighted by atomic mass is 9.87. The smallest absolute Gasteiger partial charge is 0.251 e. The highest BCUT2D eigenvalue weighted by Crippen LogP contribution is 2.28. The lowest BCUT2D eigenvalue weighted by Gasteiger charge is -2.37. The van der Waals surface area contributed by atoms with Crippen LogP contribution in [0.3, 0.4) is 0 Å². The fourth-order valence-corrected chi connectivity index (χ4v) is 4.70. The van der Waals surface area contributed by atoms with Crippen LogP contribution in [0.25, 0.3) is 0 Å². The van der Waals surface area contributed by atoms with Crippen molar-refractivity contribution in [3.05, 3.63) is 63.9 Å². The summed E-state index contributed by atoms with van der Waals surface area (Å²) in [5.74, 6) is -1.31. The van der Waals surface area contributed by atoms with E-state index in [1.165, 1.54) is 30.0 Å². The molecule has 1 saturated heterocycles. The van der Waals surface area contributed by atoms with Crippen LogP contribution in [-0.2, 0) is 9.59 Å². The molecule has 0 aliphatic carbocycles. The molecule has 2 aromatic rings. The number of halogens is 3. The van der Waals surface area contributed by atoms with E-state index in [1.54, 1.807) is 24.3 Å². The SMILES string of the molecule is O=C(CSc1ccc(F)cc1Cl)NC1(C(=O)NCCNC(=O)c2ccc(Cl)cc2)CCNCC1. The van der Waals surface area contributed by atoms with Gasteiger partial charge in [-0.3, -0.25) is 14.4 Å². The zero-order valence-corrected chi connectivity index (χ0v) is 20.6. The van der Waals surface area contributed by atoms with Gasteiger partial charge in [0.05, 0.1) is 10.8 Å². The first-order valence-corrected chi connectivity index (χ1v) is 12.4. The molecule has 3 rings (SSSR count). The van der Waals surface area contributed by atoms with Crippen molar-refractivity contribution in [3.63, 3.8) is 0 Å². The van der Waals surface area contributed by atoms with Gasteiger partial charge in [0.15, 0.2) is 0 Å². The summed E-state index contributed by atoms with van der Waals surface area (Å²) >= 11 is 13.0. The molecule has 7 nitrogen and oxygen atoms in total. The summed E-state index contributed by atoms with van der Waals surface area (Å²) in [6, 6.07) is 10.5. The van der Waals surface area contributed by atoms with E-state index in [1.807, 2.05) is 0 Å². The normalized spacial score (nSPS) is 14.8. The maximum Gasteiger partial charge on any atom is 0.251 e. The fraction of sp³-hybridized carbons (Fsp3) is 0.348. The van der Waals surface area contributed by atoms with Crippen LogP contribution >= 0.6 is 35.0 Å². The van der Waals surface area contributed by atoms with Gasteiger partial charge in [0.2, 0.25) is 11.8 Å². The summed E-state index contributed by atoms with van der Waals surface area (Å²) in [6.07, 6.45) is 0.868. The van der Waals surface area contributed by atoms with Crippen molar-refractivity contribution in [2.45, 2.75) is 23.3 Å². The van der Waals surface area contributed by atoms with E-state index < -0.39 is 11.4 Å². The van der Waals surface area contributed by atoms with Gasteiger partial charge in [0.25, 0.3) is 5.91 Å². The molecule has 34 heavy (non-hydrogen) atoms. The number of nitrogens with one attached hydrogen (secondary N) is 4. The second-order valence-electron chi connectivity index (χ2n) is 7.76. The van der Waals surface area contributed by atoms with E-state index in [2.05, 4.69) is 21.3 Å². The highest BCUT2D eigenvalue weighted by Gasteiger charge is 2.40. The molecule has 0 aromatic heterocycles. The first-order chi connectivity index (χ1) is 16.3. The Hall–Kier alpha value is -2.33. The summed E-state index contributed by atoms with van der Waals surface area (Å²) in [6.45, 7) is 1.60. The molecule has 182 valence electrons.